The Labute approximate surface area is 169 Å². The number of fused-ring (bicyclic) bond motifs is 4. The molecule has 6 nitrogen and oxygen atoms in total. The highest BCUT2D eigenvalue weighted by molar-refractivity contribution is 6.31. The fraction of sp³-hybridized carbons (Fsp3) is 0.476. The van der Waals surface area contributed by atoms with Gasteiger partial charge >= 0.3 is 0 Å². The fourth-order valence-corrected chi connectivity index (χ4v) is 4.49. The third-order valence-corrected chi connectivity index (χ3v) is 5.65. The van der Waals surface area contributed by atoms with Gasteiger partial charge in [0.1, 0.15) is 11.2 Å². The van der Waals surface area contributed by atoms with Crippen LogP contribution in [0.25, 0.3) is 0 Å². The molecule has 148 valence electrons. The molecular weight excluding hydrogens is 376 g/mol. The Morgan fingerprint density at radius 1 is 1.25 bits per heavy atom. The number of rotatable bonds is 2. The molecule has 4 rings (SSSR count). The van der Waals surface area contributed by atoms with E-state index in [0.717, 1.165) is 16.8 Å². The van der Waals surface area contributed by atoms with Gasteiger partial charge < -0.3 is 10.2 Å². The van der Waals surface area contributed by atoms with Gasteiger partial charge in [-0.3, -0.25) is 9.59 Å². The first kappa shape index (κ1) is 19.0. The summed E-state index contributed by atoms with van der Waals surface area (Å²) in [7, 11) is 0. The summed E-state index contributed by atoms with van der Waals surface area (Å²) >= 11 is 6.32. The van der Waals surface area contributed by atoms with Gasteiger partial charge in [-0.15, -0.1) is 0 Å². The van der Waals surface area contributed by atoms with E-state index in [-0.39, 0.29) is 29.7 Å². The molecule has 1 unspecified atom stereocenters. The van der Waals surface area contributed by atoms with Gasteiger partial charge in [0.05, 0.1) is 11.7 Å². The number of nitrogens with one attached hydrogen (secondary N) is 1. The van der Waals surface area contributed by atoms with Crippen molar-refractivity contribution >= 4 is 34.9 Å². The first-order valence-corrected chi connectivity index (χ1v) is 9.94. The monoisotopic (exact) mass is 400 g/mol. The molecule has 2 aliphatic rings. The normalized spacial score (nSPS) is 21.3. The lowest BCUT2D eigenvalue weighted by Gasteiger charge is -2.34. The predicted octanol–water partition coefficient (Wildman–Crippen LogP) is 3.92. The number of nitrogens with zero attached hydrogens (tertiary/aromatic N) is 3. The standard InChI is InChI=1S/C21H25ClN4O2/c1-12(2)11-25-16-7-6-13(22)8-14(16)21(19(25)28)9-17(27)24-18-15(21)10-23-26(18)20(3,4)5/h6-8,10,12H,9,11H2,1-5H3,(H,24,27). The first-order chi connectivity index (χ1) is 13.1. The summed E-state index contributed by atoms with van der Waals surface area (Å²) < 4.78 is 1.78. The second-order valence-electron chi connectivity index (χ2n) is 9.09. The zero-order valence-electron chi connectivity index (χ0n) is 16.8. The predicted molar refractivity (Wildman–Crippen MR) is 110 cm³/mol. The maximum Gasteiger partial charge on any atom is 0.242 e. The number of hydrogen-bond acceptors (Lipinski definition) is 3. The fourth-order valence-electron chi connectivity index (χ4n) is 4.32. The van der Waals surface area contributed by atoms with Crippen LogP contribution in [-0.4, -0.2) is 28.1 Å². The van der Waals surface area contributed by atoms with E-state index in [9.17, 15) is 9.59 Å². The summed E-state index contributed by atoms with van der Waals surface area (Å²) in [5.74, 6) is 0.610. The number of carbonyl (C=O) groups excluding carboxylic acids is 2. The lowest BCUT2D eigenvalue weighted by molar-refractivity contribution is -0.126. The van der Waals surface area contributed by atoms with Gasteiger partial charge in [-0.25, -0.2) is 4.68 Å². The van der Waals surface area contributed by atoms with Crippen molar-refractivity contribution in [3.05, 3.63) is 40.5 Å². The summed E-state index contributed by atoms with van der Waals surface area (Å²) in [4.78, 5) is 28.4. The third-order valence-electron chi connectivity index (χ3n) is 5.42. The third kappa shape index (κ3) is 2.58. The number of halogens is 1. The Balaban J connectivity index is 2.00. The van der Waals surface area contributed by atoms with E-state index in [1.54, 1.807) is 21.8 Å². The van der Waals surface area contributed by atoms with Crippen LogP contribution >= 0.6 is 11.6 Å². The molecule has 2 aromatic rings. The highest BCUT2D eigenvalue weighted by Gasteiger charge is 2.57. The van der Waals surface area contributed by atoms with Crippen LogP contribution in [0.3, 0.4) is 0 Å². The lowest BCUT2D eigenvalue weighted by atomic mass is 9.71. The Morgan fingerprint density at radius 3 is 2.61 bits per heavy atom. The largest absolute Gasteiger partial charge is 0.311 e. The van der Waals surface area contributed by atoms with E-state index < -0.39 is 5.41 Å². The van der Waals surface area contributed by atoms with Crippen molar-refractivity contribution in [2.45, 2.75) is 52.0 Å². The Morgan fingerprint density at radius 2 is 1.96 bits per heavy atom. The Kier molecular flexibility index (Phi) is 4.12. The summed E-state index contributed by atoms with van der Waals surface area (Å²) in [5, 5.41) is 8.03. The summed E-state index contributed by atoms with van der Waals surface area (Å²) in [5.41, 5.74) is 0.927. The molecule has 0 saturated heterocycles. The van der Waals surface area contributed by atoms with E-state index in [2.05, 4.69) is 24.3 Å². The molecule has 1 N–H and O–H groups in total. The zero-order valence-corrected chi connectivity index (χ0v) is 17.6. The average Bonchev–Trinajstić information content (AvgIpc) is 3.09. The molecule has 0 saturated carbocycles. The van der Waals surface area contributed by atoms with Crippen LogP contribution in [0, 0.1) is 5.92 Å². The minimum Gasteiger partial charge on any atom is -0.311 e. The Hall–Kier alpha value is -2.34. The topological polar surface area (TPSA) is 67.2 Å². The van der Waals surface area contributed by atoms with Gasteiger partial charge in [-0.2, -0.15) is 5.10 Å². The van der Waals surface area contributed by atoms with Gasteiger partial charge in [-0.1, -0.05) is 25.4 Å². The van der Waals surface area contributed by atoms with Crippen molar-refractivity contribution in [2.24, 2.45) is 5.92 Å². The molecule has 0 bridgehead atoms. The van der Waals surface area contributed by atoms with Crippen LogP contribution < -0.4 is 10.2 Å². The molecule has 7 heteroatoms. The van der Waals surface area contributed by atoms with Crippen molar-refractivity contribution in [3.63, 3.8) is 0 Å². The molecule has 2 amide bonds. The van der Waals surface area contributed by atoms with Crippen molar-refractivity contribution < 1.29 is 9.59 Å². The van der Waals surface area contributed by atoms with Crippen molar-refractivity contribution in [1.82, 2.24) is 9.78 Å². The molecule has 3 heterocycles. The smallest absolute Gasteiger partial charge is 0.242 e. The SMILES string of the molecule is CC(C)CN1C(=O)C2(CC(=O)Nc3c2cnn3C(C)(C)C)c2cc(Cl)ccc21. The Bertz CT molecular complexity index is 989. The van der Waals surface area contributed by atoms with E-state index in [1.165, 1.54) is 0 Å². The molecule has 1 spiro atoms. The highest BCUT2D eigenvalue weighted by atomic mass is 35.5. The lowest BCUT2D eigenvalue weighted by Crippen LogP contribution is -2.47. The second-order valence-corrected chi connectivity index (χ2v) is 9.53. The highest BCUT2D eigenvalue weighted by Crippen LogP contribution is 2.53. The quantitative estimate of drug-likeness (QED) is 0.830. The maximum atomic E-state index is 13.8. The van der Waals surface area contributed by atoms with E-state index >= 15 is 0 Å². The molecule has 0 radical (unpaired) electrons. The van der Waals surface area contributed by atoms with Crippen LogP contribution in [0.5, 0.6) is 0 Å². The van der Waals surface area contributed by atoms with Gasteiger partial charge in [0.2, 0.25) is 11.8 Å². The van der Waals surface area contributed by atoms with E-state index in [4.69, 9.17) is 11.6 Å². The van der Waals surface area contributed by atoms with Gasteiger partial charge in [0.15, 0.2) is 0 Å². The van der Waals surface area contributed by atoms with Gasteiger partial charge in [-0.05, 0) is 50.5 Å². The number of aromatic nitrogens is 2. The van der Waals surface area contributed by atoms with Crippen LogP contribution in [0.4, 0.5) is 11.5 Å². The van der Waals surface area contributed by atoms with Crippen LogP contribution in [0.15, 0.2) is 24.4 Å². The zero-order chi connectivity index (χ0) is 20.4. The molecule has 1 aromatic heterocycles. The van der Waals surface area contributed by atoms with Crippen molar-refractivity contribution in [3.8, 4) is 0 Å². The minimum absolute atomic E-state index is 0.0522. The van der Waals surface area contributed by atoms with Crippen LogP contribution in [0.2, 0.25) is 5.02 Å². The molecule has 28 heavy (non-hydrogen) atoms. The number of carbonyl (C=O) groups is 2. The molecular formula is C21H25ClN4O2. The molecule has 0 aliphatic carbocycles. The molecule has 2 aliphatic heterocycles. The summed E-state index contributed by atoms with van der Waals surface area (Å²) in [6.45, 7) is 10.8. The first-order valence-electron chi connectivity index (χ1n) is 9.56. The molecule has 0 fully saturated rings. The summed E-state index contributed by atoms with van der Waals surface area (Å²) in [6.07, 6.45) is 1.78. The van der Waals surface area contributed by atoms with Crippen LogP contribution in [0.1, 0.15) is 52.2 Å². The van der Waals surface area contributed by atoms with Crippen molar-refractivity contribution in [2.75, 3.05) is 16.8 Å². The number of benzene rings is 1. The average molecular weight is 401 g/mol. The maximum absolute atomic E-state index is 13.8. The molecule has 1 atom stereocenters. The van der Waals surface area contributed by atoms with E-state index in [1.807, 2.05) is 32.9 Å². The number of hydrogen-bond donors (Lipinski definition) is 1. The van der Waals surface area contributed by atoms with E-state index in [0.29, 0.717) is 17.4 Å². The molecule has 1 aromatic carbocycles. The van der Waals surface area contributed by atoms with Crippen LogP contribution in [-0.2, 0) is 20.5 Å². The van der Waals surface area contributed by atoms with Gasteiger partial charge in [0, 0.05) is 29.2 Å². The van der Waals surface area contributed by atoms with Gasteiger partial charge in [0.25, 0.3) is 0 Å². The number of anilines is 2. The van der Waals surface area contributed by atoms with Crippen molar-refractivity contribution in [1.29, 1.82) is 0 Å². The second kappa shape index (κ2) is 6.08. The summed E-state index contributed by atoms with van der Waals surface area (Å²) in [6, 6.07) is 5.50. The minimum atomic E-state index is -1.09. The number of amides is 2.